The Balaban J connectivity index is 1.73. The van der Waals surface area contributed by atoms with E-state index < -0.39 is 0 Å². The summed E-state index contributed by atoms with van der Waals surface area (Å²) in [5.41, 5.74) is 1.50. The highest BCUT2D eigenvalue weighted by Crippen LogP contribution is 2.13. The van der Waals surface area contributed by atoms with Gasteiger partial charge in [0.25, 0.3) is 0 Å². The Morgan fingerprint density at radius 3 is 1.77 bits per heavy atom. The summed E-state index contributed by atoms with van der Waals surface area (Å²) in [6.07, 6.45) is 17.0. The number of aryl methyl sites for hydroxylation is 1. The first-order chi connectivity index (χ1) is 10.9. The quantitative estimate of drug-likeness (QED) is 0.306. The molecule has 0 nitrogen and oxygen atoms in total. The molecule has 126 valence electrons. The molecule has 0 aromatic heterocycles. The maximum Gasteiger partial charge on any atom is -0.00675 e. The van der Waals surface area contributed by atoms with Gasteiger partial charge >= 0.3 is 0 Å². The number of hydrogen-bond donors (Lipinski definition) is 0. The van der Waals surface area contributed by atoms with Gasteiger partial charge in [-0.2, -0.15) is 11.8 Å². The second-order valence-electron chi connectivity index (χ2n) is 6.38. The van der Waals surface area contributed by atoms with Gasteiger partial charge in [-0.15, -0.1) is 0 Å². The maximum absolute atomic E-state index is 2.27. The number of hydrogen-bond acceptors (Lipinski definition) is 1. The minimum absolute atomic E-state index is 1.26. The van der Waals surface area contributed by atoms with E-state index in [0.29, 0.717) is 0 Å². The number of unbranched alkanes of at least 4 members (excludes halogenated alkanes) is 9. The molecule has 1 aromatic carbocycles. The van der Waals surface area contributed by atoms with E-state index in [1.807, 2.05) is 0 Å². The minimum atomic E-state index is 1.26. The van der Waals surface area contributed by atoms with Crippen LogP contribution in [0.25, 0.3) is 0 Å². The van der Waals surface area contributed by atoms with E-state index in [4.69, 9.17) is 0 Å². The van der Waals surface area contributed by atoms with Crippen molar-refractivity contribution in [3.63, 3.8) is 0 Å². The molecule has 0 aliphatic carbocycles. The molecule has 0 aliphatic heterocycles. The molecule has 0 bridgehead atoms. The fourth-order valence-electron chi connectivity index (χ4n) is 2.84. The summed E-state index contributed by atoms with van der Waals surface area (Å²) in [6, 6.07) is 10.9. The molecule has 0 saturated carbocycles. The average molecular weight is 321 g/mol. The van der Waals surface area contributed by atoms with E-state index in [0.717, 1.165) is 0 Å². The highest BCUT2D eigenvalue weighted by atomic mass is 32.2. The van der Waals surface area contributed by atoms with E-state index in [1.165, 1.54) is 94.1 Å². The van der Waals surface area contributed by atoms with E-state index in [2.05, 4.69) is 49.0 Å². The molecule has 0 saturated heterocycles. The third-order valence-electron chi connectivity index (χ3n) is 4.20. The summed E-state index contributed by atoms with van der Waals surface area (Å²) in [5, 5.41) is 0. The lowest BCUT2D eigenvalue weighted by Gasteiger charge is -2.03. The zero-order valence-corrected chi connectivity index (χ0v) is 15.5. The molecule has 1 aromatic rings. The predicted octanol–water partition coefficient (Wildman–Crippen LogP) is 7.27. The molecule has 0 fully saturated rings. The number of rotatable bonds is 15. The fourth-order valence-corrected chi connectivity index (χ4v) is 3.74. The number of benzene rings is 1. The number of thioether (sulfide) groups is 1. The highest BCUT2D eigenvalue weighted by molar-refractivity contribution is 7.99. The smallest absolute Gasteiger partial charge is 0.00675 e. The van der Waals surface area contributed by atoms with Gasteiger partial charge in [-0.05, 0) is 42.8 Å². The summed E-state index contributed by atoms with van der Waals surface area (Å²) < 4.78 is 0. The molecule has 0 atom stereocenters. The van der Waals surface area contributed by atoms with Gasteiger partial charge in [0.1, 0.15) is 0 Å². The van der Waals surface area contributed by atoms with Gasteiger partial charge in [0.2, 0.25) is 0 Å². The van der Waals surface area contributed by atoms with Crippen molar-refractivity contribution >= 4 is 11.8 Å². The van der Waals surface area contributed by atoms with Gasteiger partial charge in [-0.25, -0.2) is 0 Å². The van der Waals surface area contributed by atoms with E-state index in [9.17, 15) is 0 Å². The second-order valence-corrected chi connectivity index (χ2v) is 7.61. The fraction of sp³-hybridized carbons (Fsp3) is 0.714. The van der Waals surface area contributed by atoms with Crippen molar-refractivity contribution < 1.29 is 0 Å². The van der Waals surface area contributed by atoms with E-state index >= 15 is 0 Å². The zero-order valence-electron chi connectivity index (χ0n) is 14.7. The monoisotopic (exact) mass is 320 g/mol. The van der Waals surface area contributed by atoms with Crippen molar-refractivity contribution in [3.05, 3.63) is 35.9 Å². The molecule has 0 spiro atoms. The maximum atomic E-state index is 2.27. The van der Waals surface area contributed by atoms with Crippen LogP contribution in [0.3, 0.4) is 0 Å². The van der Waals surface area contributed by atoms with Gasteiger partial charge < -0.3 is 0 Å². The van der Waals surface area contributed by atoms with Gasteiger partial charge in [0.15, 0.2) is 0 Å². The summed E-state index contributed by atoms with van der Waals surface area (Å²) in [5.74, 6) is 2.74. The zero-order chi connectivity index (χ0) is 15.7. The summed E-state index contributed by atoms with van der Waals surface area (Å²) in [7, 11) is 0. The lowest BCUT2D eigenvalue weighted by atomic mass is 10.0. The van der Waals surface area contributed by atoms with Crippen molar-refractivity contribution in [1.29, 1.82) is 0 Å². The standard InChI is InChI=1S/C21H36S/c1-2-19-22-20-15-10-8-6-4-3-5-7-9-12-16-21-17-13-11-14-18-21/h11,13-14,17-18H,2-10,12,15-16,19-20H2,1H3. The summed E-state index contributed by atoms with van der Waals surface area (Å²) >= 11 is 2.13. The normalized spacial score (nSPS) is 11.0. The SMILES string of the molecule is CCCSCCCCCCCCCCCCc1ccccc1. The van der Waals surface area contributed by atoms with Crippen LogP contribution in [0.5, 0.6) is 0 Å². The van der Waals surface area contributed by atoms with Crippen LogP contribution in [0.2, 0.25) is 0 Å². The van der Waals surface area contributed by atoms with Crippen LogP contribution in [0, 0.1) is 0 Å². The third-order valence-corrected chi connectivity index (χ3v) is 5.47. The molecule has 1 rings (SSSR count). The van der Waals surface area contributed by atoms with Crippen molar-refractivity contribution in [2.45, 2.75) is 84.0 Å². The molecule has 0 radical (unpaired) electrons. The molecular formula is C21H36S. The van der Waals surface area contributed by atoms with Gasteiger partial charge in [0.05, 0.1) is 0 Å². The molecule has 22 heavy (non-hydrogen) atoms. The lowest BCUT2D eigenvalue weighted by Crippen LogP contribution is -1.86. The van der Waals surface area contributed by atoms with Crippen molar-refractivity contribution in [3.8, 4) is 0 Å². The molecular weight excluding hydrogens is 284 g/mol. The van der Waals surface area contributed by atoms with Crippen molar-refractivity contribution in [2.24, 2.45) is 0 Å². The third kappa shape index (κ3) is 12.1. The first-order valence-electron chi connectivity index (χ1n) is 9.55. The Bertz CT molecular complexity index is 320. The molecule has 0 amide bonds. The van der Waals surface area contributed by atoms with Gasteiger partial charge in [0, 0.05) is 0 Å². The van der Waals surface area contributed by atoms with Crippen LogP contribution in [-0.4, -0.2) is 11.5 Å². The Hall–Kier alpha value is -0.430. The van der Waals surface area contributed by atoms with Crippen molar-refractivity contribution in [2.75, 3.05) is 11.5 Å². The van der Waals surface area contributed by atoms with Crippen LogP contribution in [0.4, 0.5) is 0 Å². The Morgan fingerprint density at radius 2 is 1.18 bits per heavy atom. The lowest BCUT2D eigenvalue weighted by molar-refractivity contribution is 0.557. The first kappa shape index (κ1) is 19.6. The average Bonchev–Trinajstić information content (AvgIpc) is 2.56. The summed E-state index contributed by atoms with van der Waals surface area (Å²) in [4.78, 5) is 0. The minimum Gasteiger partial charge on any atom is -0.162 e. The largest absolute Gasteiger partial charge is 0.162 e. The molecule has 0 unspecified atom stereocenters. The topological polar surface area (TPSA) is 0 Å². The second kappa shape index (κ2) is 15.5. The van der Waals surface area contributed by atoms with Crippen molar-refractivity contribution in [1.82, 2.24) is 0 Å². The van der Waals surface area contributed by atoms with Crippen LogP contribution in [0.1, 0.15) is 83.1 Å². The van der Waals surface area contributed by atoms with E-state index in [1.54, 1.807) is 0 Å². The van der Waals surface area contributed by atoms with Crippen LogP contribution in [0.15, 0.2) is 30.3 Å². The first-order valence-corrected chi connectivity index (χ1v) is 10.7. The van der Waals surface area contributed by atoms with Crippen LogP contribution < -0.4 is 0 Å². The van der Waals surface area contributed by atoms with Gasteiger partial charge in [-0.3, -0.25) is 0 Å². The Kier molecular flexibility index (Phi) is 13.8. The summed E-state index contributed by atoms with van der Waals surface area (Å²) in [6.45, 7) is 2.27. The van der Waals surface area contributed by atoms with E-state index in [-0.39, 0.29) is 0 Å². The molecule has 0 heterocycles. The molecule has 1 heteroatoms. The van der Waals surface area contributed by atoms with Crippen LogP contribution >= 0.6 is 11.8 Å². The molecule has 0 aliphatic rings. The Morgan fingerprint density at radius 1 is 0.636 bits per heavy atom. The Labute approximate surface area is 143 Å². The van der Waals surface area contributed by atoms with Gasteiger partial charge in [-0.1, -0.05) is 88.6 Å². The predicted molar refractivity (Wildman–Crippen MR) is 104 cm³/mol. The highest BCUT2D eigenvalue weighted by Gasteiger charge is 1.95. The van der Waals surface area contributed by atoms with Crippen LogP contribution in [-0.2, 0) is 6.42 Å². The molecule has 0 N–H and O–H groups in total.